The fourth-order valence-electron chi connectivity index (χ4n) is 7.17. The molecule has 2 aromatic rings. The first-order valence-corrected chi connectivity index (χ1v) is 16.2. The first kappa shape index (κ1) is 33.3. The van der Waals surface area contributed by atoms with Crippen LogP contribution in [0.4, 0.5) is 5.82 Å². The highest BCUT2D eigenvalue weighted by Gasteiger charge is 2.85. The molecular formula is C35H46N6O5. The van der Waals surface area contributed by atoms with Crippen LogP contribution in [0.1, 0.15) is 91.6 Å². The van der Waals surface area contributed by atoms with Gasteiger partial charge in [-0.05, 0) is 62.8 Å². The van der Waals surface area contributed by atoms with Gasteiger partial charge in [-0.15, -0.1) is 0 Å². The standard InChI is InChI=1S/C35H46N6O5/c1-5-22-11-12-27(39-6-2)24(18-22)20-45-32(44)35-31(43)26-10-8-7-9-25(26)30(42)34(35,46-35)15-13-21(3)17-28(41-33(37)38-4)23-14-16-40-29(36)19-23/h7-10,13-14,16,19,22,24,27-28,39H,5-6,11-12,15,17-18,20H2,1-4H3,(H2,36,40)(H3,37,38,41)/b21-13+/t22-,24+,27-,28-,34+,35+/m1/s1. The lowest BCUT2D eigenvalue weighted by Crippen LogP contribution is -2.51. The van der Waals surface area contributed by atoms with E-state index in [0.29, 0.717) is 18.2 Å². The van der Waals surface area contributed by atoms with Gasteiger partial charge in [-0.2, -0.15) is 0 Å². The quantitative estimate of drug-likeness (QED) is 0.0672. The third-order valence-corrected chi connectivity index (χ3v) is 9.84. The lowest BCUT2D eigenvalue weighted by molar-refractivity contribution is -0.150. The number of fused-ring (bicyclic) bond motifs is 2. The Hall–Kier alpha value is -4.09. The van der Waals surface area contributed by atoms with Crippen molar-refractivity contribution in [3.05, 3.63) is 70.9 Å². The number of nitrogens with zero attached hydrogens (tertiary/aromatic N) is 2. The lowest BCUT2D eigenvalue weighted by atomic mass is 9.72. The van der Waals surface area contributed by atoms with Crippen LogP contribution in [0.2, 0.25) is 0 Å². The Morgan fingerprint density at radius 3 is 2.61 bits per heavy atom. The van der Waals surface area contributed by atoms with Crippen molar-refractivity contribution < 1.29 is 23.9 Å². The van der Waals surface area contributed by atoms with Crippen molar-refractivity contribution in [2.75, 3.05) is 25.9 Å². The van der Waals surface area contributed by atoms with Crippen LogP contribution in [0.15, 0.2) is 59.2 Å². The molecule has 11 nitrogen and oxygen atoms in total. The number of epoxide rings is 1. The van der Waals surface area contributed by atoms with Gasteiger partial charge in [0.15, 0.2) is 17.3 Å². The minimum absolute atomic E-state index is 0.0246. The number of carbonyl (C=O) groups is 3. The Morgan fingerprint density at radius 1 is 1.20 bits per heavy atom. The van der Waals surface area contributed by atoms with Crippen LogP contribution >= 0.6 is 0 Å². The van der Waals surface area contributed by atoms with E-state index in [1.807, 2.05) is 19.1 Å². The number of anilines is 1. The molecule has 2 heterocycles. The van der Waals surface area contributed by atoms with E-state index in [0.717, 1.165) is 43.4 Å². The van der Waals surface area contributed by atoms with Crippen LogP contribution in [-0.2, 0) is 14.3 Å². The number of nitrogen functional groups attached to an aromatic ring is 1. The van der Waals surface area contributed by atoms with Crippen LogP contribution in [-0.4, -0.2) is 65.9 Å². The smallest absolute Gasteiger partial charge is 0.350 e. The molecule has 1 aromatic heterocycles. The molecule has 6 N–H and O–H groups in total. The number of hydrogen-bond donors (Lipinski definition) is 4. The highest BCUT2D eigenvalue weighted by Crippen LogP contribution is 2.58. The molecule has 1 saturated heterocycles. The van der Waals surface area contributed by atoms with E-state index in [2.05, 4.69) is 34.5 Å². The molecule has 1 saturated carbocycles. The van der Waals surface area contributed by atoms with E-state index in [1.54, 1.807) is 43.6 Å². The van der Waals surface area contributed by atoms with Gasteiger partial charge in [0.05, 0.1) is 12.6 Å². The molecule has 1 aliphatic heterocycles. The zero-order valence-electron chi connectivity index (χ0n) is 27.2. The van der Waals surface area contributed by atoms with Crippen LogP contribution in [0.25, 0.3) is 0 Å². The number of pyridine rings is 1. The molecule has 1 aromatic carbocycles. The number of aromatic nitrogens is 1. The minimum Gasteiger partial charge on any atom is -0.463 e. The van der Waals surface area contributed by atoms with Crippen molar-refractivity contribution in [1.29, 1.82) is 0 Å². The second-order valence-corrected chi connectivity index (χ2v) is 12.7. The largest absolute Gasteiger partial charge is 0.463 e. The predicted octanol–water partition coefficient (Wildman–Crippen LogP) is 3.90. The van der Waals surface area contributed by atoms with Crippen LogP contribution in [0.5, 0.6) is 0 Å². The Labute approximate surface area is 270 Å². The number of esters is 1. The molecule has 5 rings (SSSR count). The van der Waals surface area contributed by atoms with E-state index < -0.39 is 28.7 Å². The van der Waals surface area contributed by atoms with E-state index in [4.69, 9.17) is 20.9 Å². The Bertz CT molecular complexity index is 1540. The van der Waals surface area contributed by atoms with Crippen molar-refractivity contribution in [2.45, 2.75) is 82.6 Å². The molecule has 3 aliphatic rings. The molecule has 11 heteroatoms. The fourth-order valence-corrected chi connectivity index (χ4v) is 7.17. The summed E-state index contributed by atoms with van der Waals surface area (Å²) >= 11 is 0. The average Bonchev–Trinajstić information content (AvgIpc) is 3.77. The van der Waals surface area contributed by atoms with Crippen molar-refractivity contribution >= 4 is 29.3 Å². The zero-order chi connectivity index (χ0) is 33.1. The molecule has 6 atom stereocenters. The highest BCUT2D eigenvalue weighted by molar-refractivity contribution is 6.32. The maximum Gasteiger partial charge on any atom is 0.350 e. The summed E-state index contributed by atoms with van der Waals surface area (Å²) in [5, 5.41) is 6.73. The number of carbonyl (C=O) groups excluding carboxylic acids is 3. The molecule has 0 bridgehead atoms. The summed E-state index contributed by atoms with van der Waals surface area (Å²) in [6.07, 6.45) is 8.10. The predicted molar refractivity (Wildman–Crippen MR) is 176 cm³/mol. The molecule has 2 aliphatic carbocycles. The summed E-state index contributed by atoms with van der Waals surface area (Å²) in [6.45, 7) is 7.14. The van der Waals surface area contributed by atoms with Gasteiger partial charge >= 0.3 is 5.97 Å². The number of nitrogens with one attached hydrogen (secondary N) is 2. The lowest BCUT2D eigenvalue weighted by Gasteiger charge is -2.36. The van der Waals surface area contributed by atoms with Crippen molar-refractivity contribution in [3.8, 4) is 0 Å². The number of guanidine groups is 1. The Balaban J connectivity index is 1.40. The first-order valence-electron chi connectivity index (χ1n) is 16.2. The summed E-state index contributed by atoms with van der Waals surface area (Å²) in [5.74, 6) is -0.421. The summed E-state index contributed by atoms with van der Waals surface area (Å²) in [5.41, 5.74) is 10.4. The second-order valence-electron chi connectivity index (χ2n) is 12.7. The SMILES string of the molecule is CCN[C@@H]1CC[C@@H](CC)C[C@H]1COC(=O)[C@]12O[C@@]1(C/C=C(\C)C[C@@H](NC(N)=NC)c1ccnc(N)c1)C(=O)c1ccccc1C2=O. The van der Waals surface area contributed by atoms with Crippen molar-refractivity contribution in [2.24, 2.45) is 22.6 Å². The van der Waals surface area contributed by atoms with Gasteiger partial charge in [-0.25, -0.2) is 9.78 Å². The Kier molecular flexibility index (Phi) is 9.93. The number of nitrogens with two attached hydrogens (primary N) is 2. The topological polar surface area (TPSA) is 174 Å². The molecule has 0 amide bonds. The molecule has 0 spiro atoms. The minimum atomic E-state index is -2.02. The number of hydrogen-bond acceptors (Lipinski definition) is 9. The van der Waals surface area contributed by atoms with E-state index >= 15 is 0 Å². The zero-order valence-corrected chi connectivity index (χ0v) is 27.2. The number of Topliss-reactive ketones (excluding diaryl/α,β-unsaturated/α-hetero) is 2. The maximum atomic E-state index is 14.0. The Morgan fingerprint density at radius 2 is 1.93 bits per heavy atom. The van der Waals surface area contributed by atoms with E-state index in [-0.39, 0.29) is 48.1 Å². The van der Waals surface area contributed by atoms with Gasteiger partial charge in [-0.3, -0.25) is 14.6 Å². The second kappa shape index (κ2) is 13.7. The monoisotopic (exact) mass is 630 g/mol. The highest BCUT2D eigenvalue weighted by atomic mass is 16.7. The summed E-state index contributed by atoms with van der Waals surface area (Å²) in [6, 6.07) is 10.1. The van der Waals surface area contributed by atoms with Gasteiger partial charge in [0.2, 0.25) is 5.78 Å². The molecule has 0 unspecified atom stereocenters. The van der Waals surface area contributed by atoms with Gasteiger partial charge in [0, 0.05) is 42.8 Å². The van der Waals surface area contributed by atoms with Gasteiger partial charge in [0.25, 0.3) is 5.60 Å². The maximum absolute atomic E-state index is 14.0. The van der Waals surface area contributed by atoms with E-state index in [9.17, 15) is 14.4 Å². The summed E-state index contributed by atoms with van der Waals surface area (Å²) in [7, 11) is 1.59. The molecular weight excluding hydrogens is 584 g/mol. The van der Waals surface area contributed by atoms with Gasteiger partial charge in [-0.1, -0.05) is 56.2 Å². The normalized spacial score (nSPS) is 28.2. The van der Waals surface area contributed by atoms with Crippen LogP contribution in [0.3, 0.4) is 0 Å². The summed E-state index contributed by atoms with van der Waals surface area (Å²) < 4.78 is 12.0. The van der Waals surface area contributed by atoms with Gasteiger partial charge in [0.1, 0.15) is 5.82 Å². The number of rotatable bonds is 12. The molecule has 0 radical (unpaired) electrons. The van der Waals surface area contributed by atoms with Crippen molar-refractivity contribution in [1.82, 2.24) is 15.6 Å². The van der Waals surface area contributed by atoms with Crippen LogP contribution < -0.4 is 22.1 Å². The number of benzene rings is 1. The number of aliphatic imine (C=N–C) groups is 1. The fraction of sp³-hybridized carbons (Fsp3) is 0.514. The molecule has 2 fully saturated rings. The summed E-state index contributed by atoms with van der Waals surface area (Å²) in [4.78, 5) is 50.1. The molecule has 246 valence electrons. The third kappa shape index (κ3) is 6.18. The first-order chi connectivity index (χ1) is 22.1. The van der Waals surface area contributed by atoms with E-state index in [1.165, 1.54) is 0 Å². The van der Waals surface area contributed by atoms with Crippen molar-refractivity contribution in [3.63, 3.8) is 0 Å². The average molecular weight is 631 g/mol. The molecule has 46 heavy (non-hydrogen) atoms. The van der Waals surface area contributed by atoms with Crippen LogP contribution in [0, 0.1) is 11.8 Å². The number of ketones is 2. The third-order valence-electron chi connectivity index (χ3n) is 9.84. The number of ether oxygens (including phenoxy) is 2. The van der Waals surface area contributed by atoms with Gasteiger partial charge < -0.3 is 31.6 Å².